The summed E-state index contributed by atoms with van der Waals surface area (Å²) in [5.74, 6) is 0.998. The lowest BCUT2D eigenvalue weighted by atomic mass is 10.00. The third-order valence-corrected chi connectivity index (χ3v) is 6.07. The third-order valence-electron chi connectivity index (χ3n) is 6.07. The lowest BCUT2D eigenvalue weighted by Crippen LogP contribution is -2.44. The first kappa shape index (κ1) is 21.4. The molecular weight excluding hydrogens is 418 g/mol. The van der Waals surface area contributed by atoms with Crippen molar-refractivity contribution in [3.63, 3.8) is 0 Å². The van der Waals surface area contributed by atoms with Crippen LogP contribution in [-0.2, 0) is 13.0 Å². The zero-order valence-corrected chi connectivity index (χ0v) is 18.4. The zero-order chi connectivity index (χ0) is 22.6. The van der Waals surface area contributed by atoms with Crippen LogP contribution in [0.4, 0.5) is 11.5 Å². The van der Waals surface area contributed by atoms with Crippen LogP contribution in [0.1, 0.15) is 21.5 Å². The summed E-state index contributed by atoms with van der Waals surface area (Å²) in [6.45, 7) is 3.34. The number of hydrogen-bond donors (Lipinski definition) is 2. The van der Waals surface area contributed by atoms with Crippen LogP contribution in [0.5, 0.6) is 5.75 Å². The van der Waals surface area contributed by atoms with Gasteiger partial charge in [0.15, 0.2) is 5.82 Å². The van der Waals surface area contributed by atoms with Gasteiger partial charge in [0.05, 0.1) is 18.2 Å². The van der Waals surface area contributed by atoms with E-state index in [9.17, 15) is 9.90 Å². The van der Waals surface area contributed by atoms with Crippen LogP contribution in [0.15, 0.2) is 60.8 Å². The van der Waals surface area contributed by atoms with E-state index in [0.717, 1.165) is 25.2 Å². The first-order chi connectivity index (χ1) is 16.2. The molecule has 1 aromatic heterocycles. The van der Waals surface area contributed by atoms with Gasteiger partial charge in [-0.2, -0.15) is 5.10 Å². The van der Waals surface area contributed by atoms with E-state index in [1.165, 1.54) is 11.1 Å². The molecule has 0 saturated carbocycles. The quantitative estimate of drug-likeness (QED) is 0.602. The molecule has 2 aliphatic rings. The molecule has 2 aromatic carbocycles. The molecule has 0 spiro atoms. The van der Waals surface area contributed by atoms with Gasteiger partial charge in [-0.3, -0.25) is 9.69 Å². The minimum absolute atomic E-state index is 0.145. The van der Waals surface area contributed by atoms with Crippen molar-refractivity contribution in [3.8, 4) is 5.75 Å². The van der Waals surface area contributed by atoms with E-state index in [1.54, 1.807) is 35.4 Å². The average molecular weight is 446 g/mol. The number of β-amino-alcohol motifs (C(OH)–C–C–N with tert-alkyl or cyclic N) is 1. The number of nitrogens with zero attached hydrogens (tertiary/aromatic N) is 4. The minimum atomic E-state index is -0.637. The second-order valence-electron chi connectivity index (χ2n) is 8.45. The summed E-state index contributed by atoms with van der Waals surface area (Å²) in [6, 6.07) is 17.4. The largest absolute Gasteiger partial charge is 0.491 e. The molecule has 1 atom stereocenters. The number of benzene rings is 2. The zero-order valence-electron chi connectivity index (χ0n) is 18.4. The predicted octanol–water partition coefficient (Wildman–Crippen LogP) is 2.47. The molecular formula is C25H27N5O3. The number of ether oxygens (including phenoxy) is 1. The molecule has 5 rings (SSSR count). The molecule has 8 nitrogen and oxygen atoms in total. The number of nitrogens with one attached hydrogen (secondary N) is 1. The Balaban J connectivity index is 1.24. The Morgan fingerprint density at radius 1 is 1.06 bits per heavy atom. The van der Waals surface area contributed by atoms with Crippen LogP contribution in [0.25, 0.3) is 0 Å². The maximum absolute atomic E-state index is 13.3. The van der Waals surface area contributed by atoms with Crippen LogP contribution in [0, 0.1) is 0 Å². The summed E-state index contributed by atoms with van der Waals surface area (Å²) in [7, 11) is 0. The standard InChI is InChI=1S/C25H27N5O3/c31-21(16-29-11-9-18-4-1-2-5-19(18)15-29)17-30-12-13-33-23-8-7-20(14-22(23)25(30)32)27-24-6-3-10-26-28-24/h1-8,10,14,21,31H,9,11-13,15-17H2,(H,27,28)/t21-/m1/s1. The van der Waals surface area contributed by atoms with E-state index in [4.69, 9.17) is 4.74 Å². The Bertz CT molecular complexity index is 1120. The van der Waals surface area contributed by atoms with Gasteiger partial charge in [-0.15, -0.1) is 5.10 Å². The highest BCUT2D eigenvalue weighted by molar-refractivity contribution is 5.98. The number of fused-ring (bicyclic) bond motifs is 2. The Morgan fingerprint density at radius 3 is 2.79 bits per heavy atom. The second kappa shape index (κ2) is 9.56. The van der Waals surface area contributed by atoms with Crippen LogP contribution >= 0.6 is 0 Å². The highest BCUT2D eigenvalue weighted by atomic mass is 16.5. The van der Waals surface area contributed by atoms with E-state index < -0.39 is 6.10 Å². The van der Waals surface area contributed by atoms with Crippen molar-refractivity contribution < 1.29 is 14.6 Å². The molecule has 0 unspecified atom stereocenters. The first-order valence-corrected chi connectivity index (χ1v) is 11.2. The fourth-order valence-corrected chi connectivity index (χ4v) is 4.45. The maximum atomic E-state index is 13.3. The van der Waals surface area contributed by atoms with Crippen molar-refractivity contribution in [1.29, 1.82) is 0 Å². The fraction of sp³-hybridized carbons (Fsp3) is 0.320. The molecule has 2 N–H and O–H groups in total. The predicted molar refractivity (Wildman–Crippen MR) is 125 cm³/mol. The van der Waals surface area contributed by atoms with Crippen LogP contribution in [-0.4, -0.2) is 69.9 Å². The molecule has 1 amide bonds. The second-order valence-corrected chi connectivity index (χ2v) is 8.45. The highest BCUT2D eigenvalue weighted by Crippen LogP contribution is 2.28. The van der Waals surface area contributed by atoms with E-state index in [1.807, 2.05) is 6.07 Å². The summed E-state index contributed by atoms with van der Waals surface area (Å²) in [4.78, 5) is 17.2. The van der Waals surface area contributed by atoms with Crippen molar-refractivity contribution in [3.05, 3.63) is 77.5 Å². The molecule has 0 aliphatic carbocycles. The van der Waals surface area contributed by atoms with Gasteiger partial charge < -0.3 is 20.1 Å². The Hall–Kier alpha value is -3.49. The Morgan fingerprint density at radius 2 is 1.94 bits per heavy atom. The van der Waals surface area contributed by atoms with Crippen LogP contribution in [0.3, 0.4) is 0 Å². The lowest BCUT2D eigenvalue weighted by Gasteiger charge is -2.32. The van der Waals surface area contributed by atoms with Gasteiger partial charge in [0.25, 0.3) is 5.91 Å². The molecule has 170 valence electrons. The molecule has 8 heteroatoms. The lowest BCUT2D eigenvalue weighted by molar-refractivity contribution is 0.0501. The Labute approximate surface area is 192 Å². The number of hydrogen-bond acceptors (Lipinski definition) is 7. The van der Waals surface area contributed by atoms with Crippen molar-refractivity contribution in [2.24, 2.45) is 0 Å². The molecule has 0 fully saturated rings. The van der Waals surface area contributed by atoms with E-state index in [-0.39, 0.29) is 12.5 Å². The number of carbonyl (C=O) groups excluding carboxylic acids is 1. The fourth-order valence-electron chi connectivity index (χ4n) is 4.45. The van der Waals surface area contributed by atoms with Gasteiger partial charge in [0.2, 0.25) is 0 Å². The van der Waals surface area contributed by atoms with Crippen molar-refractivity contribution >= 4 is 17.4 Å². The molecule has 3 aromatic rings. The number of amides is 1. The number of rotatable bonds is 6. The number of aromatic nitrogens is 2. The summed E-state index contributed by atoms with van der Waals surface area (Å²) >= 11 is 0. The van der Waals surface area contributed by atoms with E-state index in [2.05, 4.69) is 44.7 Å². The Kier molecular flexibility index (Phi) is 6.19. The number of aliphatic hydroxyl groups is 1. The smallest absolute Gasteiger partial charge is 0.257 e. The SMILES string of the molecule is O=C1c2cc(Nc3cccnn3)ccc2OCCN1C[C@H](O)CN1CCc2ccccc2C1. The van der Waals surface area contributed by atoms with Crippen molar-refractivity contribution in [2.45, 2.75) is 19.1 Å². The summed E-state index contributed by atoms with van der Waals surface area (Å²) < 4.78 is 5.81. The monoisotopic (exact) mass is 445 g/mol. The molecule has 33 heavy (non-hydrogen) atoms. The normalized spacial score (nSPS) is 16.9. The van der Waals surface area contributed by atoms with Crippen molar-refractivity contribution in [2.75, 3.05) is 38.1 Å². The summed E-state index contributed by atoms with van der Waals surface area (Å²) in [5.41, 5.74) is 3.89. The average Bonchev–Trinajstić information content (AvgIpc) is 2.98. The van der Waals surface area contributed by atoms with Gasteiger partial charge in [-0.05, 0) is 47.9 Å². The summed E-state index contributed by atoms with van der Waals surface area (Å²) in [5, 5.41) is 21.8. The third kappa shape index (κ3) is 4.97. The number of carbonyl (C=O) groups is 1. The van der Waals surface area contributed by atoms with E-state index in [0.29, 0.717) is 36.8 Å². The first-order valence-electron chi connectivity index (χ1n) is 11.2. The molecule has 3 heterocycles. The van der Waals surface area contributed by atoms with Gasteiger partial charge in [-0.25, -0.2) is 0 Å². The van der Waals surface area contributed by atoms with E-state index >= 15 is 0 Å². The molecule has 2 aliphatic heterocycles. The summed E-state index contributed by atoms with van der Waals surface area (Å²) in [6.07, 6.45) is 1.95. The van der Waals surface area contributed by atoms with Gasteiger partial charge in [-0.1, -0.05) is 24.3 Å². The topological polar surface area (TPSA) is 90.8 Å². The molecule has 0 radical (unpaired) electrons. The van der Waals surface area contributed by atoms with Gasteiger partial charge in [0.1, 0.15) is 12.4 Å². The molecule has 0 bridgehead atoms. The minimum Gasteiger partial charge on any atom is -0.491 e. The maximum Gasteiger partial charge on any atom is 0.257 e. The van der Waals surface area contributed by atoms with Crippen LogP contribution in [0.2, 0.25) is 0 Å². The van der Waals surface area contributed by atoms with Gasteiger partial charge >= 0.3 is 0 Å². The highest BCUT2D eigenvalue weighted by Gasteiger charge is 2.27. The van der Waals surface area contributed by atoms with Crippen molar-refractivity contribution in [1.82, 2.24) is 20.0 Å². The van der Waals surface area contributed by atoms with Crippen LogP contribution < -0.4 is 10.1 Å². The van der Waals surface area contributed by atoms with Gasteiger partial charge in [0, 0.05) is 38.1 Å². The number of anilines is 2. The molecule has 0 saturated heterocycles. The number of aliphatic hydroxyl groups excluding tert-OH is 1.